The smallest absolute Gasteiger partial charge is 0.261 e. The van der Waals surface area contributed by atoms with Gasteiger partial charge in [-0.15, -0.1) is 0 Å². The highest BCUT2D eigenvalue weighted by molar-refractivity contribution is 6.25. The average Bonchev–Trinajstić information content (AvgIpc) is 2.41. The molecule has 3 rings (SSSR count). The van der Waals surface area contributed by atoms with Crippen molar-refractivity contribution in [1.82, 2.24) is 4.90 Å². The third-order valence-electron chi connectivity index (χ3n) is 3.25. The first-order valence-corrected chi connectivity index (χ1v) is 5.56. The zero-order valence-corrected chi connectivity index (χ0v) is 9.95. The van der Waals surface area contributed by atoms with E-state index in [1.807, 2.05) is 0 Å². The first-order chi connectivity index (χ1) is 9.00. The van der Waals surface area contributed by atoms with E-state index in [1.54, 1.807) is 18.2 Å². The van der Waals surface area contributed by atoms with Crippen LogP contribution in [-0.4, -0.2) is 29.0 Å². The van der Waals surface area contributed by atoms with Gasteiger partial charge >= 0.3 is 0 Å². The molecule has 0 aromatic heterocycles. The Bertz CT molecular complexity index is 724. The average molecular weight is 257 g/mol. The molecule has 0 bridgehead atoms. The quantitative estimate of drug-likeness (QED) is 0.621. The number of carbonyl (C=O) groups is 2. The van der Waals surface area contributed by atoms with E-state index in [0.717, 1.165) is 4.90 Å². The number of imide groups is 1. The Hall–Kier alpha value is -2.44. The van der Waals surface area contributed by atoms with E-state index in [-0.39, 0.29) is 22.4 Å². The number of nitrogens with zero attached hydrogens (tertiary/aromatic N) is 2. The Labute approximate surface area is 108 Å². The number of amides is 2. The third kappa shape index (κ3) is 1.51. The normalized spacial score (nSPS) is 14.2. The molecule has 2 aromatic rings. The fourth-order valence-corrected chi connectivity index (χ4v) is 2.32. The van der Waals surface area contributed by atoms with Crippen LogP contribution in [0.15, 0.2) is 30.3 Å². The molecule has 0 radical (unpaired) electrons. The molecule has 96 valence electrons. The van der Waals surface area contributed by atoms with Crippen molar-refractivity contribution in [3.8, 4) is 0 Å². The maximum atomic E-state index is 12.1. The zero-order valence-electron chi connectivity index (χ0n) is 9.95. The van der Waals surface area contributed by atoms with E-state index in [0.29, 0.717) is 16.3 Å². The lowest BCUT2D eigenvalue weighted by Crippen LogP contribution is -2.37. The lowest BCUT2D eigenvalue weighted by Gasteiger charge is -2.27. The maximum absolute atomic E-state index is 12.1. The van der Waals surface area contributed by atoms with E-state index < -0.39 is 5.91 Å². The molecule has 0 fully saturated rings. The lowest BCUT2D eigenvalue weighted by atomic mass is 9.94. The van der Waals surface area contributed by atoms with Crippen LogP contribution in [0.1, 0.15) is 20.7 Å². The number of hydrogen-bond donors (Lipinski definition) is 1. The molecule has 0 aliphatic carbocycles. The number of benzene rings is 2. The van der Waals surface area contributed by atoms with E-state index in [2.05, 4.69) is 0 Å². The zero-order chi connectivity index (χ0) is 13.7. The second-order valence-electron chi connectivity index (χ2n) is 4.34. The number of hydrogen-bond acceptors (Lipinski definition) is 5. The maximum Gasteiger partial charge on any atom is 0.261 e. The Morgan fingerprint density at radius 3 is 2.53 bits per heavy atom. The molecule has 2 amide bonds. The van der Waals surface area contributed by atoms with Gasteiger partial charge in [-0.2, -0.15) is 0 Å². The van der Waals surface area contributed by atoms with Gasteiger partial charge in [0, 0.05) is 18.0 Å². The molecule has 6 heteroatoms. The van der Waals surface area contributed by atoms with Crippen molar-refractivity contribution in [2.45, 2.75) is 0 Å². The molecule has 0 spiro atoms. The SMILES string of the molecule is CN1C(=O)c2cccc3cc(N([O-])O)cc(c23)C1=O. The predicted octanol–water partition coefficient (Wildman–Crippen LogP) is 1.76. The van der Waals surface area contributed by atoms with E-state index in [4.69, 9.17) is 5.21 Å². The Morgan fingerprint density at radius 1 is 1.16 bits per heavy atom. The predicted molar refractivity (Wildman–Crippen MR) is 68.0 cm³/mol. The summed E-state index contributed by atoms with van der Waals surface area (Å²) >= 11 is 0. The van der Waals surface area contributed by atoms with Crippen molar-refractivity contribution in [3.63, 3.8) is 0 Å². The molecule has 2 aromatic carbocycles. The van der Waals surface area contributed by atoms with Gasteiger partial charge in [-0.05, 0) is 23.6 Å². The fraction of sp³-hybridized carbons (Fsp3) is 0.0769. The summed E-state index contributed by atoms with van der Waals surface area (Å²) in [6.07, 6.45) is 0. The molecule has 0 atom stereocenters. The van der Waals surface area contributed by atoms with Crippen LogP contribution in [0, 0.1) is 5.21 Å². The molecule has 19 heavy (non-hydrogen) atoms. The molecule has 1 N–H and O–H groups in total. The van der Waals surface area contributed by atoms with Crippen molar-refractivity contribution in [2.75, 3.05) is 12.3 Å². The number of rotatable bonds is 1. The monoisotopic (exact) mass is 257 g/mol. The van der Waals surface area contributed by atoms with Crippen LogP contribution in [0.3, 0.4) is 0 Å². The summed E-state index contributed by atoms with van der Waals surface area (Å²) in [6, 6.07) is 7.69. The molecule has 0 saturated carbocycles. The van der Waals surface area contributed by atoms with Gasteiger partial charge in [0.15, 0.2) is 0 Å². The van der Waals surface area contributed by atoms with Crippen molar-refractivity contribution >= 4 is 28.3 Å². The Balaban J connectivity index is 2.44. The van der Waals surface area contributed by atoms with Crippen LogP contribution in [0.2, 0.25) is 0 Å². The molecule has 0 unspecified atom stereocenters. The molecule has 1 heterocycles. The van der Waals surface area contributed by atoms with Gasteiger partial charge in [0.1, 0.15) is 0 Å². The van der Waals surface area contributed by atoms with Crippen LogP contribution < -0.4 is 5.23 Å². The molecular formula is C13H9N2O4-. The first-order valence-electron chi connectivity index (χ1n) is 5.56. The summed E-state index contributed by atoms with van der Waals surface area (Å²) in [7, 11) is 1.38. The molecule has 6 nitrogen and oxygen atoms in total. The van der Waals surface area contributed by atoms with Crippen LogP contribution >= 0.6 is 0 Å². The van der Waals surface area contributed by atoms with Gasteiger partial charge < -0.3 is 10.4 Å². The van der Waals surface area contributed by atoms with Crippen molar-refractivity contribution in [2.24, 2.45) is 0 Å². The van der Waals surface area contributed by atoms with Gasteiger partial charge in [0.2, 0.25) is 0 Å². The van der Waals surface area contributed by atoms with Gasteiger partial charge in [0.05, 0.1) is 11.3 Å². The largest absolute Gasteiger partial charge is 0.733 e. The minimum Gasteiger partial charge on any atom is -0.733 e. The van der Waals surface area contributed by atoms with Gasteiger partial charge in [-0.25, -0.2) is 0 Å². The minimum atomic E-state index is -0.489. The van der Waals surface area contributed by atoms with Crippen molar-refractivity contribution in [3.05, 3.63) is 46.7 Å². The van der Waals surface area contributed by atoms with Crippen LogP contribution in [0.5, 0.6) is 0 Å². The Morgan fingerprint density at radius 2 is 1.84 bits per heavy atom. The van der Waals surface area contributed by atoms with E-state index >= 15 is 0 Å². The van der Waals surface area contributed by atoms with Crippen molar-refractivity contribution in [1.29, 1.82) is 0 Å². The van der Waals surface area contributed by atoms with Crippen LogP contribution in [-0.2, 0) is 0 Å². The first kappa shape index (κ1) is 11.6. The molecule has 1 aliphatic rings. The van der Waals surface area contributed by atoms with Gasteiger partial charge in [-0.3, -0.25) is 19.7 Å². The summed E-state index contributed by atoms with van der Waals surface area (Å²) < 4.78 is 0. The highest BCUT2D eigenvalue weighted by atomic mass is 16.8. The van der Waals surface area contributed by atoms with Crippen molar-refractivity contribution < 1.29 is 14.8 Å². The summed E-state index contributed by atoms with van der Waals surface area (Å²) in [6.45, 7) is 0. The van der Waals surface area contributed by atoms with Gasteiger partial charge in [0.25, 0.3) is 11.8 Å². The fourth-order valence-electron chi connectivity index (χ4n) is 2.32. The molecule has 0 saturated heterocycles. The second-order valence-corrected chi connectivity index (χ2v) is 4.34. The number of anilines is 1. The van der Waals surface area contributed by atoms with Crippen LogP contribution in [0.25, 0.3) is 10.8 Å². The van der Waals surface area contributed by atoms with E-state index in [1.165, 1.54) is 19.2 Å². The highest BCUT2D eigenvalue weighted by Gasteiger charge is 2.30. The molecular weight excluding hydrogens is 248 g/mol. The van der Waals surface area contributed by atoms with Crippen LogP contribution in [0.4, 0.5) is 5.69 Å². The standard InChI is InChI=1S/C13H9N2O4/c1-14-12(16)9-4-2-3-7-5-8(15(18)19)6-10(11(7)9)13(14)17/h2-6,18H,1H3/q-1. The molecule has 1 aliphatic heterocycles. The summed E-state index contributed by atoms with van der Waals surface area (Å²) in [4.78, 5) is 25.1. The summed E-state index contributed by atoms with van der Waals surface area (Å²) in [5.74, 6) is -0.865. The Kier molecular flexibility index (Phi) is 2.31. The minimum absolute atomic E-state index is 0.0456. The summed E-state index contributed by atoms with van der Waals surface area (Å²) in [5.41, 5.74) is 0.604. The second kappa shape index (κ2) is 3.78. The van der Waals surface area contributed by atoms with Gasteiger partial charge in [-0.1, -0.05) is 12.1 Å². The third-order valence-corrected chi connectivity index (χ3v) is 3.25. The lowest BCUT2D eigenvalue weighted by molar-refractivity contribution is 0.0651. The summed E-state index contributed by atoms with van der Waals surface area (Å²) in [5, 5.41) is 20.8. The van der Waals surface area contributed by atoms with E-state index in [9.17, 15) is 14.8 Å². The number of carbonyl (C=O) groups excluding carboxylic acids is 2. The highest BCUT2D eigenvalue weighted by Crippen LogP contribution is 2.32. The topological polar surface area (TPSA) is 83.9 Å².